The van der Waals surface area contributed by atoms with Gasteiger partial charge in [-0.25, -0.2) is 9.59 Å². The Bertz CT molecular complexity index is 1360. The summed E-state index contributed by atoms with van der Waals surface area (Å²) < 4.78 is 5.59. The van der Waals surface area contributed by atoms with Crippen LogP contribution < -0.4 is 10.6 Å². The first-order valence-electron chi connectivity index (χ1n) is 14.7. The van der Waals surface area contributed by atoms with E-state index in [9.17, 15) is 19.5 Å². The van der Waals surface area contributed by atoms with E-state index in [4.69, 9.17) is 4.74 Å². The molecule has 1 saturated heterocycles. The molecule has 2 aliphatic rings. The predicted molar refractivity (Wildman–Crippen MR) is 161 cm³/mol. The van der Waals surface area contributed by atoms with Gasteiger partial charge in [0.25, 0.3) is 0 Å². The summed E-state index contributed by atoms with van der Waals surface area (Å²) in [4.78, 5) is 39.7. The Balaban J connectivity index is 1.03. The molecule has 1 heterocycles. The van der Waals surface area contributed by atoms with Gasteiger partial charge < -0.3 is 20.5 Å². The summed E-state index contributed by atoms with van der Waals surface area (Å²) in [6, 6.07) is 26.5. The molecule has 0 bridgehead atoms. The quantitative estimate of drug-likeness (QED) is 0.294. The Kier molecular flexibility index (Phi) is 9.22. The molecule has 0 radical (unpaired) electrons. The molecule has 8 nitrogen and oxygen atoms in total. The number of likely N-dealkylation sites (tertiary alicyclic amines) is 1. The number of alkyl carbamates (subject to hydrolysis) is 1. The van der Waals surface area contributed by atoms with Crippen LogP contribution >= 0.6 is 0 Å². The Hall–Kier alpha value is -4.17. The Morgan fingerprint density at radius 2 is 1.52 bits per heavy atom. The molecule has 8 heteroatoms. The van der Waals surface area contributed by atoms with Crippen molar-refractivity contribution in [2.24, 2.45) is 5.92 Å². The number of carbonyl (C=O) groups excluding carboxylic acids is 2. The first-order valence-corrected chi connectivity index (χ1v) is 14.7. The lowest BCUT2D eigenvalue weighted by Crippen LogP contribution is -2.60. The maximum absolute atomic E-state index is 12.9. The van der Waals surface area contributed by atoms with Crippen LogP contribution in [0.2, 0.25) is 0 Å². The lowest BCUT2D eigenvalue weighted by molar-refractivity contribution is -0.150. The number of nitrogens with one attached hydrogen (secondary N) is 2. The first-order chi connectivity index (χ1) is 20.3. The standard InChI is InChI=1S/C34H39N3O5/c1-24(21-31(38)36-34(32(39)40)16-19-37(20-17-34)22-25-9-3-2-4-10-25)15-18-35-33(41)42-23-30-28-13-7-5-11-26(28)27-12-6-8-14-29(27)30/h2-14,24,30H,15-23H2,1H3,(H,35,41)(H,36,38)(H,39,40). The highest BCUT2D eigenvalue weighted by Crippen LogP contribution is 2.44. The lowest BCUT2D eigenvalue weighted by atomic mass is 9.86. The van der Waals surface area contributed by atoms with Gasteiger partial charge in [0, 0.05) is 38.5 Å². The zero-order valence-electron chi connectivity index (χ0n) is 24.1. The number of aliphatic carboxylic acids is 1. The number of nitrogens with zero attached hydrogens (tertiary/aromatic N) is 1. The molecular weight excluding hydrogens is 530 g/mol. The molecule has 1 fully saturated rings. The van der Waals surface area contributed by atoms with Gasteiger partial charge in [0.1, 0.15) is 12.1 Å². The van der Waals surface area contributed by atoms with Gasteiger partial charge in [-0.05, 0) is 53.0 Å². The van der Waals surface area contributed by atoms with E-state index < -0.39 is 17.6 Å². The van der Waals surface area contributed by atoms with Crippen LogP contribution in [0, 0.1) is 5.92 Å². The molecule has 1 unspecified atom stereocenters. The van der Waals surface area contributed by atoms with Crippen molar-refractivity contribution < 1.29 is 24.2 Å². The molecule has 5 rings (SSSR count). The van der Waals surface area contributed by atoms with E-state index >= 15 is 0 Å². The number of piperidine rings is 1. The fraction of sp³-hybridized carbons (Fsp3) is 0.382. The van der Waals surface area contributed by atoms with Crippen LogP contribution in [0.3, 0.4) is 0 Å². The predicted octanol–water partition coefficient (Wildman–Crippen LogP) is 5.18. The second-order valence-electron chi connectivity index (χ2n) is 11.5. The van der Waals surface area contributed by atoms with Crippen LogP contribution in [0.5, 0.6) is 0 Å². The van der Waals surface area contributed by atoms with Crippen molar-refractivity contribution in [1.29, 1.82) is 0 Å². The van der Waals surface area contributed by atoms with Crippen molar-refractivity contribution in [2.45, 2.75) is 50.6 Å². The number of benzene rings is 3. The molecule has 3 N–H and O–H groups in total. The molecule has 1 atom stereocenters. The number of carbonyl (C=O) groups is 3. The molecule has 220 valence electrons. The fourth-order valence-electron chi connectivity index (χ4n) is 6.13. The van der Waals surface area contributed by atoms with Crippen LogP contribution in [0.25, 0.3) is 11.1 Å². The van der Waals surface area contributed by atoms with Crippen LogP contribution in [0.4, 0.5) is 4.79 Å². The number of hydrogen-bond acceptors (Lipinski definition) is 5. The van der Waals surface area contributed by atoms with Crippen LogP contribution in [-0.2, 0) is 20.9 Å². The van der Waals surface area contributed by atoms with Gasteiger partial charge >= 0.3 is 12.1 Å². The summed E-state index contributed by atoms with van der Waals surface area (Å²) in [6.45, 7) is 4.50. The molecule has 0 saturated carbocycles. The van der Waals surface area contributed by atoms with E-state index in [1.165, 1.54) is 16.7 Å². The summed E-state index contributed by atoms with van der Waals surface area (Å²) in [7, 11) is 0. The normalized spacial score (nSPS) is 16.6. The molecule has 3 aromatic carbocycles. The van der Waals surface area contributed by atoms with Gasteiger partial charge in [0.15, 0.2) is 0 Å². The minimum atomic E-state index is -1.25. The Labute approximate surface area is 247 Å². The van der Waals surface area contributed by atoms with E-state index in [0.29, 0.717) is 38.9 Å². The Morgan fingerprint density at radius 3 is 2.14 bits per heavy atom. The lowest BCUT2D eigenvalue weighted by Gasteiger charge is -2.39. The van der Waals surface area contributed by atoms with Crippen molar-refractivity contribution in [3.05, 3.63) is 95.6 Å². The highest BCUT2D eigenvalue weighted by atomic mass is 16.5. The van der Waals surface area contributed by atoms with Gasteiger partial charge in [-0.1, -0.05) is 85.8 Å². The molecule has 0 spiro atoms. The monoisotopic (exact) mass is 569 g/mol. The zero-order valence-corrected chi connectivity index (χ0v) is 24.1. The second kappa shape index (κ2) is 13.2. The van der Waals surface area contributed by atoms with Gasteiger partial charge in [-0.2, -0.15) is 0 Å². The minimum absolute atomic E-state index is 0.00229. The van der Waals surface area contributed by atoms with Crippen LogP contribution in [-0.4, -0.2) is 59.8 Å². The van der Waals surface area contributed by atoms with Crippen molar-refractivity contribution in [3.63, 3.8) is 0 Å². The van der Waals surface area contributed by atoms with Crippen LogP contribution in [0.15, 0.2) is 78.9 Å². The average Bonchev–Trinajstić information content (AvgIpc) is 3.31. The third-order valence-electron chi connectivity index (χ3n) is 8.53. The van der Waals surface area contributed by atoms with E-state index in [2.05, 4.69) is 51.9 Å². The summed E-state index contributed by atoms with van der Waals surface area (Å²) >= 11 is 0. The molecule has 3 aromatic rings. The number of ether oxygens (including phenoxy) is 1. The first kappa shape index (κ1) is 29.3. The van der Waals surface area contributed by atoms with Gasteiger partial charge in [0.05, 0.1) is 0 Å². The number of hydrogen-bond donors (Lipinski definition) is 3. The topological polar surface area (TPSA) is 108 Å². The summed E-state index contributed by atoms with van der Waals surface area (Å²) in [5.74, 6) is -1.30. The summed E-state index contributed by atoms with van der Waals surface area (Å²) in [6.07, 6.45) is 0.996. The molecule has 0 aromatic heterocycles. The highest BCUT2D eigenvalue weighted by Gasteiger charge is 2.42. The second-order valence-corrected chi connectivity index (χ2v) is 11.5. The fourth-order valence-corrected chi connectivity index (χ4v) is 6.13. The number of fused-ring (bicyclic) bond motifs is 3. The van der Waals surface area contributed by atoms with Gasteiger partial charge in [-0.15, -0.1) is 0 Å². The molecule has 1 aliphatic heterocycles. The average molecular weight is 570 g/mol. The maximum atomic E-state index is 12.9. The van der Waals surface area contributed by atoms with Crippen molar-refractivity contribution >= 4 is 18.0 Å². The van der Waals surface area contributed by atoms with E-state index in [0.717, 1.165) is 17.7 Å². The zero-order chi connectivity index (χ0) is 29.5. The summed E-state index contributed by atoms with van der Waals surface area (Å²) in [5, 5.41) is 15.6. The minimum Gasteiger partial charge on any atom is -0.480 e. The van der Waals surface area contributed by atoms with Crippen molar-refractivity contribution in [2.75, 3.05) is 26.2 Å². The van der Waals surface area contributed by atoms with Gasteiger partial charge in [0.2, 0.25) is 5.91 Å². The SMILES string of the molecule is CC(CCNC(=O)OCC1c2ccccc2-c2ccccc21)CC(=O)NC1(C(=O)O)CCN(Cc2ccccc2)CC1. The van der Waals surface area contributed by atoms with Gasteiger partial charge in [-0.3, -0.25) is 9.69 Å². The Morgan fingerprint density at radius 1 is 0.929 bits per heavy atom. The van der Waals surface area contributed by atoms with E-state index in [1.54, 1.807) is 0 Å². The smallest absolute Gasteiger partial charge is 0.407 e. The highest BCUT2D eigenvalue weighted by molar-refractivity contribution is 5.87. The van der Waals surface area contributed by atoms with E-state index in [-0.39, 0.29) is 30.8 Å². The van der Waals surface area contributed by atoms with Crippen LogP contribution in [0.1, 0.15) is 55.2 Å². The number of rotatable bonds is 11. The van der Waals surface area contributed by atoms with Crippen molar-refractivity contribution in [1.82, 2.24) is 15.5 Å². The summed E-state index contributed by atoms with van der Waals surface area (Å²) in [5.41, 5.74) is 4.61. The molecule has 2 amide bonds. The number of carboxylic acid groups (broad SMARTS) is 1. The molecule has 1 aliphatic carbocycles. The maximum Gasteiger partial charge on any atom is 0.407 e. The van der Waals surface area contributed by atoms with Crippen molar-refractivity contribution in [3.8, 4) is 11.1 Å². The molecule has 42 heavy (non-hydrogen) atoms. The third-order valence-corrected chi connectivity index (χ3v) is 8.53. The third kappa shape index (κ3) is 6.82. The largest absolute Gasteiger partial charge is 0.480 e. The number of amides is 2. The molecular formula is C34H39N3O5. The van der Waals surface area contributed by atoms with E-state index in [1.807, 2.05) is 49.4 Å². The number of carboxylic acids is 1.